The molecule has 0 saturated carbocycles. The second kappa shape index (κ2) is 4.03. The van der Waals surface area contributed by atoms with E-state index in [9.17, 15) is 24.9 Å². The Kier molecular flexibility index (Phi) is 2.67. The van der Waals surface area contributed by atoms with E-state index in [1.807, 2.05) is 0 Å². The number of carbonyl (C=O) groups excluding carboxylic acids is 1. The number of hydrogen-bond donors (Lipinski definition) is 3. The molecule has 3 aliphatic rings. The highest BCUT2D eigenvalue weighted by Gasteiger charge is 2.63. The normalized spacial score (nSPS) is 38.7. The van der Waals surface area contributed by atoms with Crippen LogP contribution in [0.5, 0.6) is 0 Å². The molecule has 0 aromatic heterocycles. The van der Waals surface area contributed by atoms with Crippen LogP contribution in [0.1, 0.15) is 13.3 Å². The number of rotatable bonds is 2. The van der Waals surface area contributed by atoms with E-state index >= 15 is 0 Å². The van der Waals surface area contributed by atoms with Gasteiger partial charge in [-0.25, -0.2) is 4.79 Å². The fourth-order valence-corrected chi connectivity index (χ4v) is 3.29. The van der Waals surface area contributed by atoms with Gasteiger partial charge in [0, 0.05) is 12.0 Å². The van der Waals surface area contributed by atoms with Gasteiger partial charge < -0.3 is 20.1 Å². The molecule has 7 nitrogen and oxygen atoms in total. The average Bonchev–Trinajstić information content (AvgIpc) is 2.61. The van der Waals surface area contributed by atoms with E-state index in [2.05, 4.69) is 0 Å². The van der Waals surface area contributed by atoms with Crippen LogP contribution >= 0.6 is 0 Å². The molecule has 0 aromatic carbocycles. The highest BCUT2D eigenvalue weighted by Crippen LogP contribution is 2.47. The number of aliphatic carboxylic acids is 1. The van der Waals surface area contributed by atoms with Crippen molar-refractivity contribution >= 4 is 11.9 Å². The van der Waals surface area contributed by atoms with Gasteiger partial charge in [-0.15, -0.1) is 0 Å². The molecule has 0 spiro atoms. The maximum Gasteiger partial charge on any atom is 0.352 e. The smallest absolute Gasteiger partial charge is 0.352 e. The van der Waals surface area contributed by atoms with Crippen LogP contribution in [0.2, 0.25) is 0 Å². The Hall–Kier alpha value is -1.44. The summed E-state index contributed by atoms with van der Waals surface area (Å²) in [5.41, 5.74) is 0.0874. The monoisotopic (exact) mass is 269 g/mol. The minimum Gasteiger partial charge on any atom is -0.477 e. The van der Waals surface area contributed by atoms with Crippen molar-refractivity contribution in [1.82, 2.24) is 4.90 Å². The highest BCUT2D eigenvalue weighted by atomic mass is 16.5. The molecule has 19 heavy (non-hydrogen) atoms. The second-order valence-corrected chi connectivity index (χ2v) is 5.17. The van der Waals surface area contributed by atoms with Crippen molar-refractivity contribution in [3.63, 3.8) is 0 Å². The van der Waals surface area contributed by atoms with E-state index in [-0.39, 0.29) is 11.3 Å². The standard InChI is InChI=1S/C12H15NO6/c1-4(14)6-8-10-7(5(15)2-3-19-10)9(12(17)18)13(8)11(6)16/h4-6,8,10,14-15H,2-3H2,1H3,(H,17,18)/t4-,5+,6-,8+,10+/m1/s1. The van der Waals surface area contributed by atoms with Crippen molar-refractivity contribution in [2.45, 2.75) is 37.7 Å². The first-order valence-corrected chi connectivity index (χ1v) is 6.23. The number of amides is 1. The summed E-state index contributed by atoms with van der Waals surface area (Å²) in [5, 5.41) is 28.9. The minimum atomic E-state index is -1.25. The zero-order chi connectivity index (χ0) is 13.9. The number of carboxylic acid groups (broad SMARTS) is 1. The summed E-state index contributed by atoms with van der Waals surface area (Å²) in [7, 11) is 0. The van der Waals surface area contributed by atoms with Crippen LogP contribution < -0.4 is 0 Å². The van der Waals surface area contributed by atoms with Gasteiger partial charge in [-0.2, -0.15) is 0 Å². The van der Waals surface area contributed by atoms with Crippen LogP contribution in [-0.4, -0.2) is 63.1 Å². The van der Waals surface area contributed by atoms with Crippen molar-refractivity contribution in [3.05, 3.63) is 11.3 Å². The maximum absolute atomic E-state index is 12.0. The topological polar surface area (TPSA) is 107 Å². The van der Waals surface area contributed by atoms with Gasteiger partial charge in [-0.1, -0.05) is 0 Å². The summed E-state index contributed by atoms with van der Waals surface area (Å²) < 4.78 is 5.53. The lowest BCUT2D eigenvalue weighted by molar-refractivity contribution is -0.169. The molecule has 0 bridgehead atoms. The van der Waals surface area contributed by atoms with Crippen LogP contribution in [0.4, 0.5) is 0 Å². The van der Waals surface area contributed by atoms with E-state index in [1.165, 1.54) is 6.92 Å². The summed E-state index contributed by atoms with van der Waals surface area (Å²) in [6.45, 7) is 1.81. The van der Waals surface area contributed by atoms with Gasteiger partial charge in [0.15, 0.2) is 0 Å². The number of carbonyl (C=O) groups is 2. The lowest BCUT2D eigenvalue weighted by Gasteiger charge is -2.47. The molecular formula is C12H15NO6. The van der Waals surface area contributed by atoms with Crippen LogP contribution in [0.15, 0.2) is 11.3 Å². The number of β-lactam (4-membered cyclic amide) rings is 1. The summed E-state index contributed by atoms with van der Waals surface area (Å²) in [6, 6.07) is -0.511. The molecule has 5 atom stereocenters. The molecule has 0 aromatic rings. The Labute approximate surface area is 109 Å². The van der Waals surface area contributed by atoms with Crippen LogP contribution in [0.3, 0.4) is 0 Å². The maximum atomic E-state index is 12.0. The van der Waals surface area contributed by atoms with Gasteiger partial charge in [-0.05, 0) is 6.92 Å². The quantitative estimate of drug-likeness (QED) is 0.538. The fraction of sp³-hybridized carbons (Fsp3) is 0.667. The summed E-state index contributed by atoms with van der Waals surface area (Å²) in [4.78, 5) is 24.5. The number of ether oxygens (including phenoxy) is 1. The molecular weight excluding hydrogens is 254 g/mol. The average molecular weight is 269 g/mol. The Bertz CT molecular complexity index is 485. The first kappa shape index (κ1) is 12.6. The highest BCUT2D eigenvalue weighted by molar-refractivity contribution is 6.00. The Morgan fingerprint density at radius 1 is 1.53 bits per heavy atom. The molecule has 3 N–H and O–H groups in total. The van der Waals surface area contributed by atoms with Crippen molar-refractivity contribution in [2.75, 3.05) is 6.61 Å². The molecule has 104 valence electrons. The van der Waals surface area contributed by atoms with Crippen LogP contribution in [0, 0.1) is 5.92 Å². The van der Waals surface area contributed by atoms with Gasteiger partial charge in [0.2, 0.25) is 5.91 Å². The molecule has 3 heterocycles. The SMILES string of the molecule is C[C@@H](O)[C@H]1C(=O)N2C(C(=O)O)=C3[C@@H](O)CCO[C@@H]3[C@H]12. The Morgan fingerprint density at radius 2 is 2.21 bits per heavy atom. The Morgan fingerprint density at radius 3 is 2.79 bits per heavy atom. The summed E-state index contributed by atoms with van der Waals surface area (Å²) in [6.07, 6.45) is -2.08. The molecule has 2 fully saturated rings. The Balaban J connectivity index is 2.04. The molecule has 0 unspecified atom stereocenters. The molecule has 2 saturated heterocycles. The largest absolute Gasteiger partial charge is 0.477 e. The van der Waals surface area contributed by atoms with Gasteiger partial charge in [0.25, 0.3) is 0 Å². The minimum absolute atomic E-state index is 0.177. The predicted octanol–water partition coefficient (Wildman–Crippen LogP) is -1.30. The lowest BCUT2D eigenvalue weighted by atomic mass is 9.80. The van der Waals surface area contributed by atoms with E-state index in [0.717, 1.165) is 4.90 Å². The van der Waals surface area contributed by atoms with Crippen molar-refractivity contribution in [2.24, 2.45) is 5.92 Å². The number of nitrogens with zero attached hydrogens (tertiary/aromatic N) is 1. The molecule has 0 radical (unpaired) electrons. The number of aliphatic hydroxyl groups excluding tert-OH is 2. The number of fused-ring (bicyclic) bond motifs is 3. The van der Waals surface area contributed by atoms with Crippen molar-refractivity contribution in [3.8, 4) is 0 Å². The first-order valence-electron chi connectivity index (χ1n) is 6.23. The van der Waals surface area contributed by atoms with E-state index in [1.54, 1.807) is 0 Å². The fourth-order valence-electron chi connectivity index (χ4n) is 3.29. The predicted molar refractivity (Wildman–Crippen MR) is 60.8 cm³/mol. The van der Waals surface area contributed by atoms with Crippen LogP contribution in [-0.2, 0) is 14.3 Å². The zero-order valence-electron chi connectivity index (χ0n) is 10.3. The van der Waals surface area contributed by atoms with Crippen LogP contribution in [0.25, 0.3) is 0 Å². The zero-order valence-corrected chi connectivity index (χ0v) is 10.3. The van der Waals surface area contributed by atoms with Gasteiger partial charge in [0.05, 0.1) is 30.8 Å². The van der Waals surface area contributed by atoms with Gasteiger partial charge in [0.1, 0.15) is 11.8 Å². The molecule has 7 heteroatoms. The summed E-state index contributed by atoms with van der Waals surface area (Å²) in [5.74, 6) is -2.33. The van der Waals surface area contributed by atoms with E-state index in [0.29, 0.717) is 13.0 Å². The van der Waals surface area contributed by atoms with Crippen molar-refractivity contribution in [1.29, 1.82) is 0 Å². The third-order valence-electron chi connectivity index (χ3n) is 4.09. The second-order valence-electron chi connectivity index (χ2n) is 5.17. The number of aliphatic hydroxyl groups is 2. The molecule has 1 amide bonds. The third-order valence-corrected chi connectivity index (χ3v) is 4.09. The lowest BCUT2D eigenvalue weighted by Crippen LogP contribution is -2.65. The van der Waals surface area contributed by atoms with E-state index < -0.39 is 42.1 Å². The number of hydrogen-bond acceptors (Lipinski definition) is 5. The van der Waals surface area contributed by atoms with Crippen molar-refractivity contribution < 1.29 is 29.6 Å². The molecule has 3 aliphatic heterocycles. The summed E-state index contributed by atoms with van der Waals surface area (Å²) >= 11 is 0. The number of carboxylic acids is 1. The molecule has 3 rings (SSSR count). The van der Waals surface area contributed by atoms with E-state index in [4.69, 9.17) is 4.74 Å². The van der Waals surface area contributed by atoms with Gasteiger partial charge in [-0.3, -0.25) is 9.69 Å². The third kappa shape index (κ3) is 1.49. The molecule has 0 aliphatic carbocycles. The van der Waals surface area contributed by atoms with Gasteiger partial charge >= 0.3 is 5.97 Å². The first-order chi connectivity index (χ1) is 8.95.